The zero-order valence-corrected chi connectivity index (χ0v) is 18.4. The summed E-state index contributed by atoms with van der Waals surface area (Å²) in [6.07, 6.45) is 3.11. The van der Waals surface area contributed by atoms with Gasteiger partial charge in [-0.15, -0.1) is 0 Å². The molecule has 0 aromatic heterocycles. The molecule has 0 fully saturated rings. The predicted octanol–water partition coefficient (Wildman–Crippen LogP) is 4.98. The number of carboxylic acid groups (broad SMARTS) is 1. The van der Waals surface area contributed by atoms with E-state index in [2.05, 4.69) is 57.3 Å². The van der Waals surface area contributed by atoms with Gasteiger partial charge in [0.05, 0.1) is 5.56 Å². The minimum atomic E-state index is -0.939. The molecule has 1 aliphatic rings. The second-order valence-corrected chi connectivity index (χ2v) is 7.84. The minimum Gasteiger partial charge on any atom is -0.478 e. The van der Waals surface area contributed by atoms with Crippen LogP contribution in [0.2, 0.25) is 0 Å². The van der Waals surface area contributed by atoms with Crippen LogP contribution in [0, 0.1) is 13.8 Å². The lowest BCUT2D eigenvalue weighted by Crippen LogP contribution is -2.23. The Morgan fingerprint density at radius 2 is 1.77 bits per heavy atom. The zero-order chi connectivity index (χ0) is 22.1. The van der Waals surface area contributed by atoms with Crippen molar-refractivity contribution < 1.29 is 14.6 Å². The fourth-order valence-corrected chi connectivity index (χ4v) is 4.21. The van der Waals surface area contributed by atoms with Crippen molar-refractivity contribution in [1.29, 1.82) is 0 Å². The molecule has 0 amide bonds. The number of rotatable bonds is 5. The van der Waals surface area contributed by atoms with E-state index in [-0.39, 0.29) is 5.56 Å². The first-order valence-corrected chi connectivity index (χ1v) is 10.7. The molecule has 0 saturated heterocycles. The Kier molecular flexibility index (Phi) is 5.55. The largest absolute Gasteiger partial charge is 0.478 e. The van der Waals surface area contributed by atoms with E-state index in [1.54, 1.807) is 12.1 Å². The number of carbonyl (C=O) groups is 1. The molecule has 158 valence electrons. The number of fused-ring (bicyclic) bond motifs is 2. The van der Waals surface area contributed by atoms with Crippen LogP contribution in [0.25, 0.3) is 11.6 Å². The summed E-state index contributed by atoms with van der Waals surface area (Å²) in [6, 6.07) is 15.5. The molecule has 0 aliphatic carbocycles. The predicted molar refractivity (Wildman–Crippen MR) is 126 cm³/mol. The summed E-state index contributed by atoms with van der Waals surface area (Å²) in [5, 5.41) is 15.3. The Hall–Kier alpha value is -3.53. The van der Waals surface area contributed by atoms with Crippen molar-refractivity contribution in [2.45, 2.75) is 34.1 Å². The molecule has 1 heterocycles. The third-order valence-corrected chi connectivity index (χ3v) is 5.67. The summed E-state index contributed by atoms with van der Waals surface area (Å²) in [4.78, 5) is 12.0. The Morgan fingerprint density at radius 3 is 2.48 bits per heavy atom. The first-order valence-electron chi connectivity index (χ1n) is 10.7. The monoisotopic (exact) mass is 413 g/mol. The highest BCUT2D eigenvalue weighted by atomic mass is 16.5. The van der Waals surface area contributed by atoms with Crippen LogP contribution in [0.3, 0.4) is 0 Å². The van der Waals surface area contributed by atoms with E-state index in [9.17, 15) is 9.90 Å². The van der Waals surface area contributed by atoms with Gasteiger partial charge in [-0.25, -0.2) is 4.79 Å². The van der Waals surface area contributed by atoms with Gasteiger partial charge in [-0.05, 0) is 73.4 Å². The third-order valence-electron chi connectivity index (χ3n) is 5.67. The highest BCUT2D eigenvalue weighted by molar-refractivity contribution is 5.98. The van der Waals surface area contributed by atoms with Gasteiger partial charge in [-0.1, -0.05) is 31.2 Å². The Balaban J connectivity index is 2.14. The molecule has 4 heteroatoms. The topological polar surface area (TPSA) is 58.6 Å². The van der Waals surface area contributed by atoms with Crippen molar-refractivity contribution in [3.63, 3.8) is 0 Å². The van der Waals surface area contributed by atoms with Crippen LogP contribution in [-0.2, 0) is 0 Å². The van der Waals surface area contributed by atoms with Gasteiger partial charge in [0.2, 0.25) is 0 Å². The molecule has 0 atom stereocenters. The van der Waals surface area contributed by atoms with Crippen molar-refractivity contribution in [2.75, 3.05) is 11.9 Å². The Labute approximate surface area is 182 Å². The van der Waals surface area contributed by atoms with Crippen LogP contribution in [0.5, 0.6) is 11.5 Å². The van der Waals surface area contributed by atoms with E-state index in [0.29, 0.717) is 5.56 Å². The van der Waals surface area contributed by atoms with Gasteiger partial charge < -0.3 is 15.2 Å². The molecule has 0 radical (unpaired) electrons. The van der Waals surface area contributed by atoms with Gasteiger partial charge in [0, 0.05) is 34.7 Å². The number of aryl methyl sites for hydroxylation is 2. The summed E-state index contributed by atoms with van der Waals surface area (Å²) >= 11 is 0. The molecule has 2 N–H and O–H groups in total. The van der Waals surface area contributed by atoms with Crippen LogP contribution in [-0.4, -0.2) is 17.6 Å². The second-order valence-electron chi connectivity index (χ2n) is 7.84. The first kappa shape index (κ1) is 20.7. The standard InChI is InChI=1S/C27H27NO3/c1-5-9-18-14-24-21(12-16(18)3)26(19-10-7-8-11-20(19)27(29)30)22-13-17(4)23(28-6-2)15-25(22)31-24/h7-15,28H,5-6H2,1-4H3,(H,29,30)/b18-9-. The van der Waals surface area contributed by atoms with E-state index in [0.717, 1.165) is 62.9 Å². The van der Waals surface area contributed by atoms with E-state index in [1.165, 1.54) is 0 Å². The Morgan fingerprint density at radius 1 is 1.00 bits per heavy atom. The van der Waals surface area contributed by atoms with Crippen LogP contribution in [0.4, 0.5) is 5.69 Å². The fourth-order valence-electron chi connectivity index (χ4n) is 4.21. The Bertz CT molecular complexity index is 1300. The van der Waals surface area contributed by atoms with Crippen molar-refractivity contribution in [3.8, 4) is 11.5 Å². The first-order chi connectivity index (χ1) is 14.9. The zero-order valence-electron chi connectivity index (χ0n) is 18.4. The van der Waals surface area contributed by atoms with Gasteiger partial charge in [0.25, 0.3) is 0 Å². The van der Waals surface area contributed by atoms with E-state index >= 15 is 0 Å². The summed E-state index contributed by atoms with van der Waals surface area (Å²) in [7, 11) is 0. The maximum absolute atomic E-state index is 12.0. The maximum Gasteiger partial charge on any atom is 0.336 e. The van der Waals surface area contributed by atoms with Gasteiger partial charge in [-0.2, -0.15) is 0 Å². The molecule has 3 aromatic rings. The molecular formula is C27H27NO3. The van der Waals surface area contributed by atoms with Gasteiger partial charge in [0.1, 0.15) is 11.5 Å². The fraction of sp³-hybridized carbons (Fsp3) is 0.222. The molecule has 4 rings (SSSR count). The van der Waals surface area contributed by atoms with Crippen LogP contribution >= 0.6 is 0 Å². The number of benzene rings is 3. The highest BCUT2D eigenvalue weighted by Gasteiger charge is 2.25. The summed E-state index contributed by atoms with van der Waals surface area (Å²) < 4.78 is 6.39. The van der Waals surface area contributed by atoms with E-state index in [4.69, 9.17) is 4.74 Å². The van der Waals surface area contributed by atoms with Crippen molar-refractivity contribution >= 4 is 23.3 Å². The average molecular weight is 414 g/mol. The van der Waals surface area contributed by atoms with Gasteiger partial charge >= 0.3 is 5.97 Å². The SMILES string of the molecule is CC/C=c1/cc2c(cc1C)=C(c1ccccc1C(=O)O)c1cc(C)c(NCC)cc1O2. The summed E-state index contributed by atoms with van der Waals surface area (Å²) in [5.74, 6) is 0.543. The molecular weight excluding hydrogens is 386 g/mol. The van der Waals surface area contributed by atoms with Crippen LogP contribution in [0.1, 0.15) is 52.9 Å². The second kappa shape index (κ2) is 8.31. The number of hydrogen-bond acceptors (Lipinski definition) is 3. The quantitative estimate of drug-likeness (QED) is 0.485. The van der Waals surface area contributed by atoms with Crippen LogP contribution < -0.4 is 20.5 Å². The lowest BCUT2D eigenvalue weighted by Gasteiger charge is -2.24. The number of carboxylic acids is 1. The molecule has 0 bridgehead atoms. The van der Waals surface area contributed by atoms with Crippen molar-refractivity contribution in [3.05, 3.63) is 86.8 Å². The van der Waals surface area contributed by atoms with Gasteiger partial charge in [0.15, 0.2) is 0 Å². The maximum atomic E-state index is 12.0. The number of nitrogens with one attached hydrogen (secondary N) is 1. The molecule has 0 spiro atoms. The molecule has 4 nitrogen and oxygen atoms in total. The van der Waals surface area contributed by atoms with Crippen LogP contribution in [0.15, 0.2) is 48.5 Å². The molecule has 0 saturated carbocycles. The molecule has 31 heavy (non-hydrogen) atoms. The highest BCUT2D eigenvalue weighted by Crippen LogP contribution is 2.40. The molecule has 1 aliphatic heterocycles. The lowest BCUT2D eigenvalue weighted by molar-refractivity contribution is 0.0696. The van der Waals surface area contributed by atoms with Crippen molar-refractivity contribution in [2.24, 2.45) is 0 Å². The number of anilines is 1. The average Bonchev–Trinajstić information content (AvgIpc) is 2.74. The lowest BCUT2D eigenvalue weighted by atomic mass is 9.88. The van der Waals surface area contributed by atoms with Gasteiger partial charge in [-0.3, -0.25) is 0 Å². The minimum absolute atomic E-state index is 0.284. The van der Waals surface area contributed by atoms with E-state index in [1.807, 2.05) is 18.2 Å². The molecule has 0 unspecified atom stereocenters. The third kappa shape index (κ3) is 3.70. The number of ether oxygens (including phenoxy) is 1. The normalized spacial score (nSPS) is 12.8. The smallest absolute Gasteiger partial charge is 0.336 e. The van der Waals surface area contributed by atoms with E-state index < -0.39 is 5.97 Å². The molecule has 3 aromatic carbocycles. The number of hydrogen-bond donors (Lipinski definition) is 2. The summed E-state index contributed by atoms with van der Waals surface area (Å²) in [6.45, 7) is 9.12. The number of aromatic carboxylic acids is 1. The summed E-state index contributed by atoms with van der Waals surface area (Å²) in [5.41, 5.74) is 6.03. The van der Waals surface area contributed by atoms with Crippen molar-refractivity contribution in [1.82, 2.24) is 0 Å².